The highest BCUT2D eigenvalue weighted by atomic mass is 16.6. The molecule has 0 unspecified atom stereocenters. The molecule has 0 fully saturated rings. The van der Waals surface area contributed by atoms with Crippen molar-refractivity contribution < 1.29 is 14.7 Å². The number of imidazole rings is 1. The summed E-state index contributed by atoms with van der Waals surface area (Å²) >= 11 is 0. The Balaban J connectivity index is 1.10. The van der Waals surface area contributed by atoms with Gasteiger partial charge in [-0.3, -0.25) is 14.4 Å². The second kappa shape index (κ2) is 13.2. The van der Waals surface area contributed by atoms with Crippen molar-refractivity contribution in [2.24, 2.45) is 5.16 Å². The van der Waals surface area contributed by atoms with Gasteiger partial charge in [-0.2, -0.15) is 0 Å². The van der Waals surface area contributed by atoms with E-state index in [9.17, 15) is 9.90 Å². The van der Waals surface area contributed by atoms with Crippen LogP contribution in [0.2, 0.25) is 0 Å². The van der Waals surface area contributed by atoms with Gasteiger partial charge in [0.05, 0.1) is 23.7 Å². The molecule has 4 aromatic carbocycles. The first-order valence-electron chi connectivity index (χ1n) is 14.9. The molecule has 0 saturated heterocycles. The third kappa shape index (κ3) is 6.59. The lowest BCUT2D eigenvalue weighted by Gasteiger charge is -2.10. The Hall–Kier alpha value is -6.61. The van der Waals surface area contributed by atoms with Gasteiger partial charge >= 0.3 is 5.97 Å². The minimum Gasteiger partial charge on any atom is -0.478 e. The van der Waals surface area contributed by atoms with E-state index >= 15 is 0 Å². The van der Waals surface area contributed by atoms with E-state index in [0.717, 1.165) is 61.9 Å². The molecular weight excluding hydrogens is 588 g/mol. The highest BCUT2D eigenvalue weighted by molar-refractivity contribution is 5.88. The first-order chi connectivity index (χ1) is 23.1. The summed E-state index contributed by atoms with van der Waals surface area (Å²) in [4.78, 5) is 30.4. The quantitative estimate of drug-likeness (QED) is 0.118. The summed E-state index contributed by atoms with van der Waals surface area (Å²) < 4.78 is 2.00. The normalized spacial score (nSPS) is 11.1. The van der Waals surface area contributed by atoms with Crippen molar-refractivity contribution in [3.8, 4) is 33.6 Å². The van der Waals surface area contributed by atoms with Crippen LogP contribution in [-0.4, -0.2) is 36.6 Å². The third-order valence-corrected chi connectivity index (χ3v) is 7.63. The number of carboxylic acids is 1. The lowest BCUT2D eigenvalue weighted by molar-refractivity contribution is 0.0697. The number of carboxylic acid groups (broad SMARTS) is 1. The minimum atomic E-state index is -0.969. The van der Waals surface area contributed by atoms with Gasteiger partial charge in [-0.1, -0.05) is 84.0 Å². The zero-order valence-electron chi connectivity index (χ0n) is 25.1. The maximum Gasteiger partial charge on any atom is 0.335 e. The SMILES string of the molecule is O=C(O)c1ccc(Nc2c(-c3ccc(CO/N=C/c4ccc(-c5cnccn5)cc4)cc3)nc3cc(-c4ccccc4)ccn23)cc1. The van der Waals surface area contributed by atoms with Gasteiger partial charge in [0.2, 0.25) is 0 Å². The van der Waals surface area contributed by atoms with Crippen molar-refractivity contribution in [3.05, 3.63) is 157 Å². The minimum absolute atomic E-state index is 0.222. The Morgan fingerprint density at radius 2 is 1.60 bits per heavy atom. The molecule has 0 radical (unpaired) electrons. The van der Waals surface area contributed by atoms with Gasteiger partial charge in [-0.25, -0.2) is 9.78 Å². The molecule has 0 amide bonds. The van der Waals surface area contributed by atoms with E-state index < -0.39 is 5.97 Å². The lowest BCUT2D eigenvalue weighted by Crippen LogP contribution is -1.99. The Kier molecular flexibility index (Phi) is 8.16. The van der Waals surface area contributed by atoms with Crippen LogP contribution in [0.3, 0.4) is 0 Å². The van der Waals surface area contributed by atoms with Crippen molar-refractivity contribution in [3.63, 3.8) is 0 Å². The van der Waals surface area contributed by atoms with Crippen molar-refractivity contribution >= 4 is 29.3 Å². The second-order valence-corrected chi connectivity index (χ2v) is 10.7. The summed E-state index contributed by atoms with van der Waals surface area (Å²) in [6.45, 7) is 0.307. The number of fused-ring (bicyclic) bond motifs is 1. The molecule has 9 heteroatoms. The molecule has 2 N–H and O–H groups in total. The molecule has 7 rings (SSSR count). The molecule has 0 aliphatic heterocycles. The van der Waals surface area contributed by atoms with Gasteiger partial charge in [0, 0.05) is 35.4 Å². The molecular formula is C38H28N6O3. The third-order valence-electron chi connectivity index (χ3n) is 7.63. The summed E-state index contributed by atoms with van der Waals surface area (Å²) in [5, 5.41) is 16.9. The fourth-order valence-corrected chi connectivity index (χ4v) is 5.17. The zero-order valence-corrected chi connectivity index (χ0v) is 25.1. The van der Waals surface area contributed by atoms with Crippen LogP contribution in [-0.2, 0) is 11.4 Å². The molecule has 0 atom stereocenters. The average molecular weight is 617 g/mol. The molecule has 0 spiro atoms. The van der Waals surface area contributed by atoms with E-state index in [4.69, 9.17) is 9.82 Å². The molecule has 0 bridgehead atoms. The van der Waals surface area contributed by atoms with Crippen LogP contribution in [0.15, 0.2) is 145 Å². The van der Waals surface area contributed by atoms with E-state index in [2.05, 4.69) is 44.7 Å². The number of anilines is 2. The van der Waals surface area contributed by atoms with Crippen molar-refractivity contribution in [2.75, 3.05) is 5.32 Å². The number of pyridine rings is 1. The number of carbonyl (C=O) groups is 1. The summed E-state index contributed by atoms with van der Waals surface area (Å²) in [5.74, 6) is -0.204. The van der Waals surface area contributed by atoms with Crippen LogP contribution < -0.4 is 5.32 Å². The Bertz CT molecular complexity index is 2160. The number of nitrogens with zero attached hydrogens (tertiary/aromatic N) is 5. The summed E-state index contributed by atoms with van der Waals surface area (Å²) in [7, 11) is 0. The number of benzene rings is 4. The molecule has 0 saturated carbocycles. The smallest absolute Gasteiger partial charge is 0.335 e. The van der Waals surface area contributed by atoms with Crippen LogP contribution in [0.1, 0.15) is 21.5 Å². The highest BCUT2D eigenvalue weighted by Crippen LogP contribution is 2.33. The van der Waals surface area contributed by atoms with Gasteiger partial charge in [0.25, 0.3) is 0 Å². The van der Waals surface area contributed by atoms with Gasteiger partial charge in [-0.15, -0.1) is 0 Å². The molecule has 228 valence electrons. The van der Waals surface area contributed by atoms with Crippen LogP contribution in [0.5, 0.6) is 0 Å². The summed E-state index contributed by atoms with van der Waals surface area (Å²) in [6, 6.07) is 36.8. The van der Waals surface area contributed by atoms with Crippen LogP contribution in [0.25, 0.3) is 39.3 Å². The second-order valence-electron chi connectivity index (χ2n) is 10.7. The number of rotatable bonds is 10. The zero-order chi connectivity index (χ0) is 32.0. The van der Waals surface area contributed by atoms with E-state index in [0.29, 0.717) is 6.61 Å². The Morgan fingerprint density at radius 3 is 2.32 bits per heavy atom. The summed E-state index contributed by atoms with van der Waals surface area (Å²) in [5.41, 5.74) is 9.23. The van der Waals surface area contributed by atoms with E-state index in [1.54, 1.807) is 49.1 Å². The number of hydrogen-bond donors (Lipinski definition) is 2. The molecule has 47 heavy (non-hydrogen) atoms. The predicted octanol–water partition coefficient (Wildman–Crippen LogP) is 8.12. The fraction of sp³-hybridized carbons (Fsp3) is 0.0263. The van der Waals surface area contributed by atoms with Crippen LogP contribution in [0.4, 0.5) is 11.5 Å². The van der Waals surface area contributed by atoms with Gasteiger partial charge in [0.15, 0.2) is 0 Å². The van der Waals surface area contributed by atoms with E-state index in [1.807, 2.05) is 77.3 Å². The Labute approximate surface area is 270 Å². The molecule has 0 aliphatic carbocycles. The standard InChI is InChI=1S/C38H28N6O3/c45-38(46)31-14-16-33(17-15-31)42-37-36(43-35-22-32(18-21-44(35)37)28-4-2-1-3-5-28)30-12-8-27(9-13-30)25-47-41-23-26-6-10-29(11-7-26)34-24-39-19-20-40-34/h1-24,42H,25H2,(H,45,46)/b41-23+. The van der Waals surface area contributed by atoms with Gasteiger partial charge in [-0.05, 0) is 58.7 Å². The molecule has 3 heterocycles. The molecule has 0 aliphatic rings. The largest absolute Gasteiger partial charge is 0.478 e. The maximum atomic E-state index is 11.4. The van der Waals surface area contributed by atoms with E-state index in [-0.39, 0.29) is 5.56 Å². The molecule has 7 aromatic rings. The monoisotopic (exact) mass is 616 g/mol. The fourth-order valence-electron chi connectivity index (χ4n) is 5.17. The molecule has 9 nitrogen and oxygen atoms in total. The molecule has 3 aromatic heterocycles. The number of nitrogens with one attached hydrogen (secondary N) is 1. The maximum absolute atomic E-state index is 11.4. The van der Waals surface area contributed by atoms with Gasteiger partial charge in [0.1, 0.15) is 23.8 Å². The highest BCUT2D eigenvalue weighted by Gasteiger charge is 2.16. The topological polar surface area (TPSA) is 114 Å². The Morgan fingerprint density at radius 1 is 0.830 bits per heavy atom. The van der Waals surface area contributed by atoms with Crippen molar-refractivity contribution in [1.82, 2.24) is 19.4 Å². The van der Waals surface area contributed by atoms with Crippen molar-refractivity contribution in [1.29, 1.82) is 0 Å². The van der Waals surface area contributed by atoms with Crippen molar-refractivity contribution in [2.45, 2.75) is 6.61 Å². The predicted molar refractivity (Wildman–Crippen MR) is 183 cm³/mol. The van der Waals surface area contributed by atoms with Gasteiger partial charge < -0.3 is 15.3 Å². The number of aromatic nitrogens is 4. The average Bonchev–Trinajstić information content (AvgIpc) is 3.49. The number of hydrogen-bond acceptors (Lipinski definition) is 7. The van der Waals surface area contributed by atoms with E-state index in [1.165, 1.54) is 0 Å². The summed E-state index contributed by atoms with van der Waals surface area (Å²) in [6.07, 6.45) is 8.72. The lowest BCUT2D eigenvalue weighted by atomic mass is 10.1. The van der Waals surface area contributed by atoms with Crippen LogP contribution in [0, 0.1) is 0 Å². The van der Waals surface area contributed by atoms with Crippen LogP contribution >= 0.6 is 0 Å². The first-order valence-corrected chi connectivity index (χ1v) is 14.9. The number of aromatic carboxylic acids is 1. The number of oxime groups is 1. The first kappa shape index (κ1) is 29.1.